The van der Waals surface area contributed by atoms with Crippen molar-refractivity contribution < 1.29 is 0 Å². The van der Waals surface area contributed by atoms with Crippen molar-refractivity contribution in [2.45, 2.75) is 19.3 Å². The lowest BCUT2D eigenvalue weighted by atomic mass is 9.20. The average molecular weight is 901 g/mol. The van der Waals surface area contributed by atoms with Gasteiger partial charge in [-0.3, -0.25) is 0 Å². The quantitative estimate of drug-likeness (QED) is 0.164. The molecule has 6 heteroatoms. The summed E-state index contributed by atoms with van der Waals surface area (Å²) in [6.07, 6.45) is 0. The smallest absolute Gasteiger partial charge is 0.247 e. The van der Waals surface area contributed by atoms with Gasteiger partial charge in [0.1, 0.15) is 0 Å². The Balaban J connectivity index is 1.03. The standard InChI is InChI=1S/C65H42B2N4/c1-65(2)58-44-23-11-9-17-39(44)29-33-53(58)70(54-34-30-40-18-10-12-24-45(40)59(54)65)43-37-49-62-57(38-43)71-52-28-16-15-27-51(52)69(42-21-7-4-8-22-42)56-36-32-47-46-31-35-55-63(60(46)67(62)61(47)64(56)71)66(49)48-25-13-14-26-50(48)68(55)41-19-5-3-6-20-41/h3-38H,1-2H3. The molecule has 0 aliphatic carbocycles. The average Bonchev–Trinajstić information content (AvgIpc) is 3.77. The number of benzene rings is 11. The summed E-state index contributed by atoms with van der Waals surface area (Å²) in [6, 6.07) is 82.7. The second-order valence-electron chi connectivity index (χ2n) is 20.7. The van der Waals surface area contributed by atoms with Gasteiger partial charge in [0.05, 0.1) is 34.1 Å². The fourth-order valence-electron chi connectivity index (χ4n) is 14.5. The Labute approximate surface area is 413 Å². The van der Waals surface area contributed by atoms with E-state index in [0.717, 1.165) is 5.69 Å². The molecule has 0 unspecified atom stereocenters. The molecule has 11 aromatic carbocycles. The van der Waals surface area contributed by atoms with Gasteiger partial charge >= 0.3 is 0 Å². The van der Waals surface area contributed by atoms with E-state index in [9.17, 15) is 0 Å². The fraction of sp³-hybridized carbons (Fsp3) is 0.0462. The minimum atomic E-state index is -0.306. The zero-order valence-electron chi connectivity index (χ0n) is 39.2. The van der Waals surface area contributed by atoms with Crippen molar-refractivity contribution in [1.82, 2.24) is 0 Å². The molecule has 0 amide bonds. The maximum Gasteiger partial charge on any atom is 0.247 e. The van der Waals surface area contributed by atoms with Crippen LogP contribution in [-0.4, -0.2) is 13.4 Å². The van der Waals surface area contributed by atoms with Crippen molar-refractivity contribution >= 4 is 136 Å². The number of anilines is 12. The molecule has 0 bridgehead atoms. The fourth-order valence-corrected chi connectivity index (χ4v) is 14.5. The third-order valence-electron chi connectivity index (χ3n) is 17.0. The van der Waals surface area contributed by atoms with Crippen molar-refractivity contribution in [3.8, 4) is 11.1 Å². The molecule has 6 aliphatic rings. The van der Waals surface area contributed by atoms with Crippen molar-refractivity contribution in [3.63, 3.8) is 0 Å². The Hall–Kier alpha value is -8.73. The monoisotopic (exact) mass is 900 g/mol. The summed E-state index contributed by atoms with van der Waals surface area (Å²) in [5, 5.41) is 5.13. The van der Waals surface area contributed by atoms with Gasteiger partial charge in [-0.1, -0.05) is 164 Å². The lowest BCUT2D eigenvalue weighted by molar-refractivity contribution is 0.644. The van der Waals surface area contributed by atoms with Crippen molar-refractivity contribution in [2.75, 3.05) is 19.6 Å². The maximum atomic E-state index is 2.67. The van der Waals surface area contributed by atoms with Gasteiger partial charge in [-0.15, -0.1) is 0 Å². The lowest BCUT2D eigenvalue weighted by Gasteiger charge is -2.49. The zero-order valence-corrected chi connectivity index (χ0v) is 39.2. The van der Waals surface area contributed by atoms with Crippen LogP contribution >= 0.6 is 0 Å². The van der Waals surface area contributed by atoms with Gasteiger partial charge in [-0.05, 0) is 145 Å². The van der Waals surface area contributed by atoms with E-state index in [1.165, 1.54) is 139 Å². The molecule has 11 aromatic rings. The molecule has 71 heavy (non-hydrogen) atoms. The summed E-state index contributed by atoms with van der Waals surface area (Å²) >= 11 is 0. The van der Waals surface area contributed by atoms with Gasteiger partial charge in [-0.25, -0.2) is 0 Å². The van der Waals surface area contributed by atoms with Gasteiger partial charge < -0.3 is 19.6 Å². The third-order valence-corrected chi connectivity index (χ3v) is 17.0. The topological polar surface area (TPSA) is 13.0 Å². The van der Waals surface area contributed by atoms with Crippen LogP contribution in [-0.2, 0) is 5.41 Å². The Morgan fingerprint density at radius 2 is 0.817 bits per heavy atom. The Morgan fingerprint density at radius 1 is 0.310 bits per heavy atom. The van der Waals surface area contributed by atoms with E-state index in [1.54, 1.807) is 0 Å². The zero-order chi connectivity index (χ0) is 46.4. The van der Waals surface area contributed by atoms with Crippen LogP contribution in [0, 0.1) is 0 Å². The SMILES string of the molecule is CC1(C)c2c(ccc3ccccc23)N(c2cc3c4c(c2)N2c5ccccc5N(c5ccccc5)c5ccc6c(c52)B4c2c-6ccc4c2B3c2ccccc2N4c2ccccc2)c2ccc3ccccc3c21. The third kappa shape index (κ3) is 4.64. The highest BCUT2D eigenvalue weighted by Crippen LogP contribution is 2.59. The van der Waals surface area contributed by atoms with Crippen molar-refractivity contribution in [2.24, 2.45) is 0 Å². The van der Waals surface area contributed by atoms with E-state index in [0.29, 0.717) is 0 Å². The molecule has 328 valence electrons. The van der Waals surface area contributed by atoms with E-state index in [-0.39, 0.29) is 18.8 Å². The second-order valence-corrected chi connectivity index (χ2v) is 20.7. The Bertz CT molecular complexity index is 3940. The molecule has 0 saturated carbocycles. The highest BCUT2D eigenvalue weighted by molar-refractivity contribution is 7.15. The number of hydrogen-bond donors (Lipinski definition) is 0. The minimum Gasteiger partial charge on any atom is -0.312 e. The van der Waals surface area contributed by atoms with Crippen LogP contribution in [0.15, 0.2) is 218 Å². The van der Waals surface area contributed by atoms with Crippen molar-refractivity contribution in [1.29, 1.82) is 0 Å². The largest absolute Gasteiger partial charge is 0.312 e. The van der Waals surface area contributed by atoms with Gasteiger partial charge in [0, 0.05) is 39.5 Å². The molecule has 0 atom stereocenters. The molecule has 0 spiro atoms. The van der Waals surface area contributed by atoms with Crippen molar-refractivity contribution in [3.05, 3.63) is 230 Å². The number of para-hydroxylation sites is 5. The van der Waals surface area contributed by atoms with E-state index in [4.69, 9.17) is 0 Å². The summed E-state index contributed by atoms with van der Waals surface area (Å²) in [4.78, 5) is 10.3. The lowest BCUT2D eigenvalue weighted by Crippen LogP contribution is -2.77. The number of rotatable bonds is 3. The van der Waals surface area contributed by atoms with E-state index >= 15 is 0 Å². The van der Waals surface area contributed by atoms with E-state index < -0.39 is 0 Å². The van der Waals surface area contributed by atoms with Gasteiger partial charge in [0.15, 0.2) is 0 Å². The number of nitrogens with zero attached hydrogens (tertiary/aromatic N) is 4. The molecular formula is C65H42B2N4. The van der Waals surface area contributed by atoms with Crippen LogP contribution in [0.3, 0.4) is 0 Å². The summed E-state index contributed by atoms with van der Waals surface area (Å²) in [6.45, 7) is 4.94. The summed E-state index contributed by atoms with van der Waals surface area (Å²) < 4.78 is 0. The molecular weight excluding hydrogens is 858 g/mol. The molecule has 6 aliphatic heterocycles. The number of fused-ring (bicyclic) bond motifs is 13. The highest BCUT2D eigenvalue weighted by Gasteiger charge is 2.55. The van der Waals surface area contributed by atoms with Crippen LogP contribution < -0.4 is 52.4 Å². The highest BCUT2D eigenvalue weighted by atomic mass is 15.3. The molecule has 0 radical (unpaired) electrons. The van der Waals surface area contributed by atoms with Crippen LogP contribution in [0.4, 0.5) is 68.2 Å². The van der Waals surface area contributed by atoms with E-state index in [2.05, 4.69) is 252 Å². The Kier molecular flexibility index (Phi) is 7.16. The van der Waals surface area contributed by atoms with Crippen LogP contribution in [0.2, 0.25) is 0 Å². The van der Waals surface area contributed by atoms with Gasteiger partial charge in [0.2, 0.25) is 13.4 Å². The van der Waals surface area contributed by atoms with Gasteiger partial charge in [0.25, 0.3) is 0 Å². The molecule has 0 N–H and O–H groups in total. The second kappa shape index (κ2) is 13.3. The predicted octanol–water partition coefficient (Wildman–Crippen LogP) is 12.8. The molecule has 0 saturated heterocycles. The predicted molar refractivity (Wildman–Crippen MR) is 301 cm³/mol. The molecule has 17 rings (SSSR count). The summed E-state index contributed by atoms with van der Waals surface area (Å²) in [5.41, 5.74) is 28.2. The van der Waals surface area contributed by atoms with Crippen LogP contribution in [0.5, 0.6) is 0 Å². The maximum absolute atomic E-state index is 2.67. The first-order valence-corrected chi connectivity index (χ1v) is 25.1. The van der Waals surface area contributed by atoms with Crippen LogP contribution in [0.1, 0.15) is 25.0 Å². The van der Waals surface area contributed by atoms with Crippen LogP contribution in [0.25, 0.3) is 32.7 Å². The summed E-state index contributed by atoms with van der Waals surface area (Å²) in [5.74, 6) is 0. The normalized spacial score (nSPS) is 15.1. The summed E-state index contributed by atoms with van der Waals surface area (Å²) in [7, 11) is 0. The van der Waals surface area contributed by atoms with Gasteiger partial charge in [-0.2, -0.15) is 0 Å². The Morgan fingerprint density at radius 3 is 1.48 bits per heavy atom. The number of hydrogen-bond acceptors (Lipinski definition) is 4. The first-order valence-electron chi connectivity index (χ1n) is 25.1. The first kappa shape index (κ1) is 38.2. The first-order chi connectivity index (χ1) is 35.0. The van der Waals surface area contributed by atoms with E-state index in [1.807, 2.05) is 0 Å². The molecule has 6 heterocycles. The molecule has 0 fully saturated rings. The molecule has 4 nitrogen and oxygen atoms in total. The minimum absolute atomic E-state index is 0.00868. The molecule has 0 aromatic heterocycles.